The van der Waals surface area contributed by atoms with E-state index in [2.05, 4.69) is 22.5 Å². The maximum absolute atomic E-state index is 13.4. The topological polar surface area (TPSA) is 37.0 Å². The summed E-state index contributed by atoms with van der Waals surface area (Å²) in [5.74, 6) is -1.16. The molecule has 0 bridgehead atoms. The molecule has 1 aliphatic heterocycles. The van der Waals surface area contributed by atoms with E-state index in [1.165, 1.54) is 0 Å². The number of halogens is 2. The second-order valence-electron chi connectivity index (χ2n) is 4.90. The molecule has 5 heteroatoms. The molecule has 0 saturated carbocycles. The highest BCUT2D eigenvalue weighted by atomic mass is 19.1. The third-order valence-corrected chi connectivity index (χ3v) is 3.30. The Bertz CT molecular complexity index is 389. The molecule has 94 valence electrons. The Morgan fingerprint density at radius 2 is 2.12 bits per heavy atom. The van der Waals surface area contributed by atoms with Gasteiger partial charge in [-0.25, -0.2) is 13.8 Å². The van der Waals surface area contributed by atoms with Gasteiger partial charge in [0.25, 0.3) is 0 Å². The molecule has 0 aromatic carbocycles. The molecular formula is C12H17F2N3. The highest BCUT2D eigenvalue weighted by molar-refractivity contribution is 5.36. The van der Waals surface area contributed by atoms with Gasteiger partial charge in [-0.1, -0.05) is 6.92 Å². The summed E-state index contributed by atoms with van der Waals surface area (Å²) in [6.45, 7) is 4.79. The minimum Gasteiger partial charge on any atom is -0.367 e. The molecule has 1 fully saturated rings. The zero-order chi connectivity index (χ0) is 12.3. The average Bonchev–Trinajstić information content (AvgIpc) is 2.29. The smallest absolute Gasteiger partial charge is 0.168 e. The molecule has 2 N–H and O–H groups in total. The lowest BCUT2D eigenvalue weighted by Gasteiger charge is -2.34. The minimum absolute atomic E-state index is 0.131. The van der Waals surface area contributed by atoms with E-state index in [4.69, 9.17) is 0 Å². The third-order valence-electron chi connectivity index (χ3n) is 3.30. The summed E-state index contributed by atoms with van der Waals surface area (Å²) in [6, 6.07) is 0.847. The number of nitrogens with one attached hydrogen (secondary N) is 2. The largest absolute Gasteiger partial charge is 0.367 e. The van der Waals surface area contributed by atoms with E-state index in [-0.39, 0.29) is 11.2 Å². The Morgan fingerprint density at radius 1 is 1.41 bits per heavy atom. The summed E-state index contributed by atoms with van der Waals surface area (Å²) in [5, 5.41) is 6.26. The van der Waals surface area contributed by atoms with E-state index in [1.54, 1.807) is 0 Å². The van der Waals surface area contributed by atoms with Crippen LogP contribution < -0.4 is 10.6 Å². The van der Waals surface area contributed by atoms with Gasteiger partial charge in [-0.2, -0.15) is 0 Å². The van der Waals surface area contributed by atoms with Crippen molar-refractivity contribution in [2.45, 2.75) is 19.8 Å². The summed E-state index contributed by atoms with van der Waals surface area (Å²) in [7, 11) is 0. The number of piperidine rings is 1. The molecule has 1 aromatic rings. The van der Waals surface area contributed by atoms with Crippen molar-refractivity contribution in [2.75, 3.05) is 25.0 Å². The van der Waals surface area contributed by atoms with Gasteiger partial charge in [-0.05, 0) is 31.3 Å². The van der Waals surface area contributed by atoms with E-state index >= 15 is 0 Å². The van der Waals surface area contributed by atoms with E-state index in [0.717, 1.165) is 38.2 Å². The van der Waals surface area contributed by atoms with Crippen LogP contribution in [0.3, 0.4) is 0 Å². The van der Waals surface area contributed by atoms with Crippen molar-refractivity contribution >= 4 is 5.82 Å². The number of anilines is 1. The van der Waals surface area contributed by atoms with Crippen molar-refractivity contribution in [3.63, 3.8) is 0 Å². The highest BCUT2D eigenvalue weighted by Crippen LogP contribution is 2.28. The second-order valence-corrected chi connectivity index (χ2v) is 4.90. The van der Waals surface area contributed by atoms with Gasteiger partial charge < -0.3 is 10.6 Å². The van der Waals surface area contributed by atoms with Gasteiger partial charge in [-0.3, -0.25) is 0 Å². The zero-order valence-corrected chi connectivity index (χ0v) is 9.89. The summed E-state index contributed by atoms with van der Waals surface area (Å²) in [6.07, 6.45) is 3.11. The van der Waals surface area contributed by atoms with Crippen LogP contribution in [-0.2, 0) is 0 Å². The fourth-order valence-electron chi connectivity index (χ4n) is 2.05. The first-order valence-corrected chi connectivity index (χ1v) is 5.85. The molecule has 2 heterocycles. The number of nitrogens with zero attached hydrogens (tertiary/aromatic N) is 1. The molecule has 0 unspecified atom stereocenters. The van der Waals surface area contributed by atoms with E-state index < -0.39 is 11.6 Å². The van der Waals surface area contributed by atoms with Gasteiger partial charge in [0.1, 0.15) is 5.82 Å². The molecule has 3 nitrogen and oxygen atoms in total. The van der Waals surface area contributed by atoms with Gasteiger partial charge in [0.05, 0.1) is 6.20 Å². The fourth-order valence-corrected chi connectivity index (χ4v) is 2.05. The zero-order valence-electron chi connectivity index (χ0n) is 9.89. The van der Waals surface area contributed by atoms with Crippen molar-refractivity contribution in [2.24, 2.45) is 5.41 Å². The van der Waals surface area contributed by atoms with Crippen LogP contribution >= 0.6 is 0 Å². The molecule has 1 saturated heterocycles. The van der Waals surface area contributed by atoms with Gasteiger partial charge in [0, 0.05) is 12.6 Å². The molecule has 0 atom stereocenters. The minimum atomic E-state index is -0.652. The molecule has 2 rings (SSSR count). The number of rotatable bonds is 3. The Balaban J connectivity index is 1.97. The van der Waals surface area contributed by atoms with Crippen LogP contribution in [0, 0.1) is 17.0 Å². The molecule has 1 aliphatic rings. The van der Waals surface area contributed by atoms with Gasteiger partial charge in [0.15, 0.2) is 11.6 Å². The predicted molar refractivity (Wildman–Crippen MR) is 62.9 cm³/mol. The Morgan fingerprint density at radius 3 is 2.76 bits per heavy atom. The summed E-state index contributed by atoms with van der Waals surface area (Å²) < 4.78 is 26.0. The van der Waals surface area contributed by atoms with Crippen LogP contribution in [0.15, 0.2) is 12.3 Å². The molecule has 1 aromatic heterocycles. The van der Waals surface area contributed by atoms with E-state index in [0.29, 0.717) is 6.54 Å². The molecule has 17 heavy (non-hydrogen) atoms. The Labute approximate surface area is 99.6 Å². The normalized spacial score (nSPS) is 19.0. The van der Waals surface area contributed by atoms with Crippen LogP contribution in [0.1, 0.15) is 19.8 Å². The lowest BCUT2D eigenvalue weighted by molar-refractivity contribution is 0.247. The number of hydrogen-bond acceptors (Lipinski definition) is 3. The maximum Gasteiger partial charge on any atom is 0.168 e. The van der Waals surface area contributed by atoms with Crippen LogP contribution in [0.2, 0.25) is 0 Å². The standard InChI is InChI=1S/C12H17F2N3/c1-12(2-4-15-5-3-12)8-17-11-10(14)6-9(13)7-16-11/h6-7,15H,2-5,8H2,1H3,(H,16,17). The molecule has 0 amide bonds. The summed E-state index contributed by atoms with van der Waals surface area (Å²) in [4.78, 5) is 3.72. The summed E-state index contributed by atoms with van der Waals surface area (Å²) >= 11 is 0. The molecule has 0 spiro atoms. The lowest BCUT2D eigenvalue weighted by Crippen LogP contribution is -2.39. The maximum atomic E-state index is 13.4. The first-order chi connectivity index (χ1) is 8.09. The van der Waals surface area contributed by atoms with Crippen molar-refractivity contribution in [3.8, 4) is 0 Å². The lowest BCUT2D eigenvalue weighted by atomic mass is 9.81. The number of pyridine rings is 1. The van der Waals surface area contributed by atoms with Gasteiger partial charge in [0.2, 0.25) is 0 Å². The molecule has 0 radical (unpaired) electrons. The first-order valence-electron chi connectivity index (χ1n) is 5.85. The second kappa shape index (κ2) is 4.96. The highest BCUT2D eigenvalue weighted by Gasteiger charge is 2.26. The van der Waals surface area contributed by atoms with E-state index in [9.17, 15) is 8.78 Å². The van der Waals surface area contributed by atoms with Gasteiger partial charge in [-0.15, -0.1) is 0 Å². The van der Waals surface area contributed by atoms with E-state index in [1.807, 2.05) is 0 Å². The SMILES string of the molecule is CC1(CNc2ncc(F)cc2F)CCNCC1. The number of hydrogen-bond donors (Lipinski definition) is 2. The number of aromatic nitrogens is 1. The molecular weight excluding hydrogens is 224 g/mol. The van der Waals surface area contributed by atoms with Crippen molar-refractivity contribution in [3.05, 3.63) is 23.9 Å². The van der Waals surface area contributed by atoms with Gasteiger partial charge >= 0.3 is 0 Å². The van der Waals surface area contributed by atoms with Crippen molar-refractivity contribution in [1.82, 2.24) is 10.3 Å². The van der Waals surface area contributed by atoms with Crippen molar-refractivity contribution < 1.29 is 8.78 Å². The first kappa shape index (κ1) is 12.2. The quantitative estimate of drug-likeness (QED) is 0.851. The third kappa shape index (κ3) is 3.12. The summed E-state index contributed by atoms with van der Waals surface area (Å²) in [5.41, 5.74) is 0.147. The average molecular weight is 241 g/mol. The Hall–Kier alpha value is -1.23. The van der Waals surface area contributed by atoms with Crippen LogP contribution in [0.5, 0.6) is 0 Å². The van der Waals surface area contributed by atoms with Crippen LogP contribution in [0.4, 0.5) is 14.6 Å². The van der Waals surface area contributed by atoms with Crippen LogP contribution in [0.25, 0.3) is 0 Å². The fraction of sp³-hybridized carbons (Fsp3) is 0.583. The predicted octanol–water partition coefficient (Wildman–Crippen LogP) is 2.16. The van der Waals surface area contributed by atoms with Crippen molar-refractivity contribution in [1.29, 1.82) is 0 Å². The monoisotopic (exact) mass is 241 g/mol. The van der Waals surface area contributed by atoms with Crippen LogP contribution in [-0.4, -0.2) is 24.6 Å². The Kier molecular flexibility index (Phi) is 3.57. The molecule has 0 aliphatic carbocycles.